The van der Waals surface area contributed by atoms with E-state index in [-0.39, 0.29) is 0 Å². The van der Waals surface area contributed by atoms with Gasteiger partial charge in [0.25, 0.3) is 0 Å². The van der Waals surface area contributed by atoms with Crippen LogP contribution in [0.1, 0.15) is 18.6 Å². The minimum atomic E-state index is -0.640. The molecule has 7 heteroatoms. The van der Waals surface area contributed by atoms with Crippen molar-refractivity contribution in [3.05, 3.63) is 23.9 Å². The van der Waals surface area contributed by atoms with Crippen molar-refractivity contribution < 1.29 is 5.11 Å². The molecule has 7 nitrogen and oxygen atoms in total. The van der Waals surface area contributed by atoms with Crippen LogP contribution < -0.4 is 4.90 Å². The minimum absolute atomic E-state index is 0.547. The van der Waals surface area contributed by atoms with Gasteiger partial charge >= 0.3 is 0 Å². The van der Waals surface area contributed by atoms with Crippen LogP contribution in [0.15, 0.2) is 12.3 Å². The molecule has 1 aliphatic rings. The molecule has 1 aliphatic heterocycles. The van der Waals surface area contributed by atoms with Crippen molar-refractivity contribution in [3.8, 4) is 5.82 Å². The van der Waals surface area contributed by atoms with Crippen LogP contribution >= 0.6 is 0 Å². The lowest BCUT2D eigenvalue weighted by molar-refractivity contribution is 0.0300. The Balaban J connectivity index is 1.91. The first kappa shape index (κ1) is 12.0. The molecule has 1 fully saturated rings. The summed E-state index contributed by atoms with van der Waals surface area (Å²) >= 11 is 0. The first-order valence-electron chi connectivity index (χ1n) is 6.16. The van der Waals surface area contributed by atoms with Gasteiger partial charge in [0.2, 0.25) is 5.95 Å². The van der Waals surface area contributed by atoms with Crippen LogP contribution in [-0.4, -0.2) is 48.5 Å². The maximum absolute atomic E-state index is 9.75. The summed E-state index contributed by atoms with van der Waals surface area (Å²) in [4.78, 5) is 14.9. The van der Waals surface area contributed by atoms with Gasteiger partial charge in [-0.2, -0.15) is 9.67 Å². The van der Waals surface area contributed by atoms with Gasteiger partial charge in [-0.1, -0.05) is 0 Å². The highest BCUT2D eigenvalue weighted by Crippen LogP contribution is 2.24. The Morgan fingerprint density at radius 1 is 1.26 bits per heavy atom. The Labute approximate surface area is 110 Å². The molecule has 1 N–H and O–H groups in total. The zero-order chi connectivity index (χ0) is 13.6. The van der Waals surface area contributed by atoms with Crippen LogP contribution in [0.5, 0.6) is 0 Å². The van der Waals surface area contributed by atoms with Crippen molar-refractivity contribution >= 4 is 5.95 Å². The monoisotopic (exact) mass is 260 g/mol. The summed E-state index contributed by atoms with van der Waals surface area (Å²) < 4.78 is 1.69. The second-order valence-electron chi connectivity index (χ2n) is 5.19. The van der Waals surface area contributed by atoms with E-state index in [1.165, 1.54) is 0 Å². The zero-order valence-corrected chi connectivity index (χ0v) is 11.2. The van der Waals surface area contributed by atoms with Gasteiger partial charge in [-0.05, 0) is 20.8 Å². The average Bonchev–Trinajstić information content (AvgIpc) is 2.65. The third kappa shape index (κ3) is 2.17. The van der Waals surface area contributed by atoms with E-state index in [1.54, 1.807) is 23.9 Å². The highest BCUT2D eigenvalue weighted by Gasteiger charge is 2.38. The Hall–Kier alpha value is -2.02. The summed E-state index contributed by atoms with van der Waals surface area (Å²) in [6.45, 7) is 6.63. The molecule has 0 aliphatic carbocycles. The molecule has 2 aromatic heterocycles. The van der Waals surface area contributed by atoms with Gasteiger partial charge in [0, 0.05) is 12.3 Å². The largest absolute Gasteiger partial charge is 0.386 e. The number of anilines is 1. The molecular formula is C12H16N6O. The number of hydrogen-bond donors (Lipinski definition) is 1. The van der Waals surface area contributed by atoms with Gasteiger partial charge in [0.1, 0.15) is 11.6 Å². The van der Waals surface area contributed by atoms with E-state index in [2.05, 4.69) is 20.1 Å². The Kier molecular flexibility index (Phi) is 2.53. The molecule has 1 saturated heterocycles. The molecule has 19 heavy (non-hydrogen) atoms. The molecule has 0 spiro atoms. The minimum Gasteiger partial charge on any atom is -0.386 e. The molecule has 0 radical (unpaired) electrons. The number of β-amino-alcohol motifs (C(OH)–C–C–N with tert-alkyl or cyclic N) is 1. The predicted molar refractivity (Wildman–Crippen MR) is 69.3 cm³/mol. The number of aromatic nitrogens is 5. The fourth-order valence-corrected chi connectivity index (χ4v) is 2.26. The van der Waals surface area contributed by atoms with E-state index in [0.29, 0.717) is 30.7 Å². The lowest BCUT2D eigenvalue weighted by atomic mass is 9.98. The topological polar surface area (TPSA) is 80.0 Å². The van der Waals surface area contributed by atoms with Crippen molar-refractivity contribution in [2.45, 2.75) is 26.4 Å². The maximum Gasteiger partial charge on any atom is 0.227 e. The van der Waals surface area contributed by atoms with Crippen molar-refractivity contribution in [1.29, 1.82) is 0 Å². The van der Waals surface area contributed by atoms with Gasteiger partial charge in [-0.3, -0.25) is 0 Å². The van der Waals surface area contributed by atoms with Crippen molar-refractivity contribution in [1.82, 2.24) is 24.7 Å². The zero-order valence-electron chi connectivity index (χ0n) is 11.2. The van der Waals surface area contributed by atoms with E-state index in [4.69, 9.17) is 0 Å². The van der Waals surface area contributed by atoms with Gasteiger partial charge in [-0.25, -0.2) is 9.97 Å². The van der Waals surface area contributed by atoms with Gasteiger partial charge < -0.3 is 10.0 Å². The summed E-state index contributed by atoms with van der Waals surface area (Å²) in [5, 5.41) is 14.1. The van der Waals surface area contributed by atoms with Crippen LogP contribution in [-0.2, 0) is 0 Å². The lowest BCUT2D eigenvalue weighted by Gasteiger charge is -2.44. The molecule has 0 atom stereocenters. The van der Waals surface area contributed by atoms with Crippen LogP contribution in [0.2, 0.25) is 0 Å². The summed E-state index contributed by atoms with van der Waals surface area (Å²) in [5.74, 6) is 2.80. The molecule has 2 aromatic rings. The molecule has 3 rings (SSSR count). The number of aryl methyl sites for hydroxylation is 2. The number of nitrogens with zero attached hydrogens (tertiary/aromatic N) is 6. The Morgan fingerprint density at radius 2 is 2.00 bits per heavy atom. The summed E-state index contributed by atoms with van der Waals surface area (Å²) in [6, 6.07) is 1.79. The van der Waals surface area contributed by atoms with Crippen LogP contribution in [0, 0.1) is 13.8 Å². The maximum atomic E-state index is 9.75. The van der Waals surface area contributed by atoms with Crippen LogP contribution in [0.25, 0.3) is 5.82 Å². The van der Waals surface area contributed by atoms with E-state index in [9.17, 15) is 5.11 Å². The quantitative estimate of drug-likeness (QED) is 0.833. The first-order valence-corrected chi connectivity index (χ1v) is 6.16. The third-order valence-electron chi connectivity index (χ3n) is 3.07. The fraction of sp³-hybridized carbons (Fsp3) is 0.500. The van der Waals surface area contributed by atoms with Crippen molar-refractivity contribution in [3.63, 3.8) is 0 Å². The van der Waals surface area contributed by atoms with E-state index >= 15 is 0 Å². The Bertz CT molecular complexity index is 612. The molecule has 0 amide bonds. The van der Waals surface area contributed by atoms with E-state index in [0.717, 1.165) is 5.82 Å². The normalized spacial score (nSPS) is 17.4. The van der Waals surface area contributed by atoms with Crippen molar-refractivity contribution in [2.75, 3.05) is 18.0 Å². The fourth-order valence-electron chi connectivity index (χ4n) is 2.26. The molecule has 0 bridgehead atoms. The smallest absolute Gasteiger partial charge is 0.227 e. The lowest BCUT2D eigenvalue weighted by Crippen LogP contribution is -2.60. The molecule has 0 saturated carbocycles. The highest BCUT2D eigenvalue weighted by atomic mass is 16.3. The number of rotatable bonds is 2. The number of hydrogen-bond acceptors (Lipinski definition) is 6. The van der Waals surface area contributed by atoms with Gasteiger partial charge in [-0.15, -0.1) is 5.10 Å². The predicted octanol–water partition coefficient (Wildman–Crippen LogP) is 0.245. The molecular weight excluding hydrogens is 244 g/mol. The molecule has 0 aromatic carbocycles. The summed E-state index contributed by atoms with van der Waals surface area (Å²) in [6.07, 6.45) is 1.70. The average molecular weight is 260 g/mol. The first-order chi connectivity index (χ1) is 8.94. The molecule has 3 heterocycles. The van der Waals surface area contributed by atoms with E-state index < -0.39 is 5.60 Å². The third-order valence-corrected chi connectivity index (χ3v) is 3.07. The number of aliphatic hydroxyl groups is 1. The SMILES string of the molecule is Cc1nc(C)n(-c2ccnc(N3CC(C)(O)C3)n2)n1. The second kappa shape index (κ2) is 3.99. The second-order valence-corrected chi connectivity index (χ2v) is 5.19. The highest BCUT2D eigenvalue weighted by molar-refractivity contribution is 5.39. The summed E-state index contributed by atoms with van der Waals surface area (Å²) in [7, 11) is 0. The van der Waals surface area contributed by atoms with Gasteiger partial charge in [0.15, 0.2) is 5.82 Å². The van der Waals surface area contributed by atoms with Crippen LogP contribution in [0.3, 0.4) is 0 Å². The van der Waals surface area contributed by atoms with Gasteiger partial charge in [0.05, 0.1) is 18.7 Å². The van der Waals surface area contributed by atoms with Crippen molar-refractivity contribution in [2.24, 2.45) is 0 Å². The molecule has 100 valence electrons. The van der Waals surface area contributed by atoms with E-state index in [1.807, 2.05) is 18.7 Å². The standard InChI is InChI=1S/C12H16N6O/c1-8-14-9(2)18(16-8)10-4-5-13-11(15-10)17-6-12(3,19)7-17/h4-5,19H,6-7H2,1-3H3. The van der Waals surface area contributed by atoms with Crippen LogP contribution in [0.4, 0.5) is 5.95 Å². The summed E-state index contributed by atoms with van der Waals surface area (Å²) in [5.41, 5.74) is -0.640. The Morgan fingerprint density at radius 3 is 2.58 bits per heavy atom. The molecule has 0 unspecified atom stereocenters.